The Kier molecular flexibility index (Phi) is 5.66. The minimum Gasteiger partial charge on any atom is -0.289 e. The van der Waals surface area contributed by atoms with Crippen LogP contribution in [0.1, 0.15) is 5.56 Å². The zero-order valence-corrected chi connectivity index (χ0v) is 16.7. The van der Waals surface area contributed by atoms with E-state index in [0.29, 0.717) is 12.1 Å². The van der Waals surface area contributed by atoms with Crippen LogP contribution in [0.25, 0.3) is 5.69 Å². The van der Waals surface area contributed by atoms with E-state index in [9.17, 15) is 26.0 Å². The molecule has 4 nitrogen and oxygen atoms in total. The number of alkyl halides is 6. The van der Waals surface area contributed by atoms with Crippen molar-refractivity contribution >= 4 is 72.2 Å². The van der Waals surface area contributed by atoms with Gasteiger partial charge in [0.2, 0.25) is 0 Å². The molecule has 14 heteroatoms. The number of nitrogens with zero attached hydrogens (tertiary/aromatic N) is 2. The lowest BCUT2D eigenvalue weighted by Gasteiger charge is -2.14. The molecule has 138 valence electrons. The SMILES string of the molecule is O=S(=O)(c1ncn(-c2c(Cl)cc(C(F)(F)F)cc2Cl)c1Br)C(F)(Cl)Cl. The monoisotopic (exact) mass is 522 g/mol. The van der Waals surface area contributed by atoms with Crippen LogP contribution in [0.2, 0.25) is 10.0 Å². The zero-order chi connectivity index (χ0) is 19.4. The van der Waals surface area contributed by atoms with Gasteiger partial charge in [-0.1, -0.05) is 23.2 Å². The van der Waals surface area contributed by atoms with Crippen molar-refractivity contribution in [3.05, 3.63) is 38.7 Å². The first-order valence-corrected chi connectivity index (χ1v) is 9.57. The first kappa shape index (κ1) is 21.0. The third-order valence-electron chi connectivity index (χ3n) is 2.82. The molecule has 25 heavy (non-hydrogen) atoms. The van der Waals surface area contributed by atoms with Crippen LogP contribution in [-0.2, 0) is 16.0 Å². The van der Waals surface area contributed by atoms with Crippen molar-refractivity contribution in [1.29, 1.82) is 0 Å². The number of hydrogen-bond donors (Lipinski definition) is 0. The zero-order valence-electron chi connectivity index (χ0n) is 11.3. The number of halogens is 9. The van der Waals surface area contributed by atoms with Gasteiger partial charge >= 0.3 is 10.1 Å². The van der Waals surface area contributed by atoms with E-state index in [1.807, 2.05) is 0 Å². The van der Waals surface area contributed by atoms with Crippen molar-refractivity contribution in [1.82, 2.24) is 9.55 Å². The maximum atomic E-state index is 13.5. The van der Waals surface area contributed by atoms with Crippen molar-refractivity contribution in [2.75, 3.05) is 0 Å². The Labute approximate surface area is 166 Å². The van der Waals surface area contributed by atoms with Crippen LogP contribution in [0.3, 0.4) is 0 Å². The third-order valence-corrected chi connectivity index (χ3v) is 7.06. The van der Waals surface area contributed by atoms with Crippen LogP contribution >= 0.6 is 62.3 Å². The van der Waals surface area contributed by atoms with Gasteiger partial charge in [-0.3, -0.25) is 4.57 Å². The van der Waals surface area contributed by atoms with Gasteiger partial charge in [0.05, 0.1) is 21.3 Å². The average Bonchev–Trinajstić information content (AvgIpc) is 2.78. The molecule has 0 saturated carbocycles. The molecule has 0 aliphatic rings. The van der Waals surface area contributed by atoms with Crippen LogP contribution < -0.4 is 0 Å². The summed E-state index contributed by atoms with van der Waals surface area (Å²) in [5.74, 6) is 0. The van der Waals surface area contributed by atoms with E-state index < -0.39 is 40.6 Å². The standard InChI is InChI=1S/C11H3BrCl4F4N2O2S/c12-8-9(25(23,24)11(15,16)20)21-3-22(8)7-5(13)1-4(2-6(7)14)10(17,18)19/h1-3H. The van der Waals surface area contributed by atoms with Crippen LogP contribution in [0, 0.1) is 0 Å². The number of benzene rings is 1. The summed E-state index contributed by atoms with van der Waals surface area (Å²) in [6.07, 6.45) is -3.85. The molecule has 1 aromatic heterocycles. The Morgan fingerprint density at radius 1 is 1.08 bits per heavy atom. The fourth-order valence-electron chi connectivity index (χ4n) is 1.72. The highest BCUT2D eigenvalue weighted by Gasteiger charge is 2.45. The first-order valence-electron chi connectivity index (χ1n) is 5.78. The van der Waals surface area contributed by atoms with Crippen molar-refractivity contribution in [2.45, 2.75) is 15.1 Å². The van der Waals surface area contributed by atoms with Gasteiger partial charge in [0.1, 0.15) is 10.9 Å². The summed E-state index contributed by atoms with van der Waals surface area (Å²) in [7, 11) is -4.93. The highest BCUT2D eigenvalue weighted by atomic mass is 79.9. The molecule has 0 amide bonds. The Morgan fingerprint density at radius 2 is 1.56 bits per heavy atom. The van der Waals surface area contributed by atoms with Crippen molar-refractivity contribution in [3.63, 3.8) is 0 Å². The lowest BCUT2D eigenvalue weighted by atomic mass is 10.2. The summed E-state index contributed by atoms with van der Waals surface area (Å²) in [6.45, 7) is 0. The van der Waals surface area contributed by atoms with E-state index in [1.165, 1.54) is 0 Å². The molecule has 0 fully saturated rings. The van der Waals surface area contributed by atoms with Crippen molar-refractivity contribution in [3.8, 4) is 5.69 Å². The topological polar surface area (TPSA) is 52.0 Å². The van der Waals surface area contributed by atoms with Crippen LogP contribution in [-0.4, -0.2) is 21.9 Å². The molecular weight excluding hydrogens is 522 g/mol. The predicted molar refractivity (Wildman–Crippen MR) is 89.0 cm³/mol. The smallest absolute Gasteiger partial charge is 0.289 e. The molecule has 0 aliphatic carbocycles. The molecule has 0 radical (unpaired) electrons. The molecule has 2 rings (SSSR count). The van der Waals surface area contributed by atoms with Gasteiger partial charge < -0.3 is 0 Å². The summed E-state index contributed by atoms with van der Waals surface area (Å²) < 4.78 is 72.4. The second kappa shape index (κ2) is 6.72. The molecule has 2 aromatic rings. The number of rotatable bonds is 3. The molecule has 0 atom stereocenters. The molecule has 0 aliphatic heterocycles. The second-order valence-electron chi connectivity index (χ2n) is 4.45. The minimum absolute atomic E-state index is 0.217. The van der Waals surface area contributed by atoms with Gasteiger partial charge in [-0.05, 0) is 51.3 Å². The molecule has 0 unspecified atom stereocenters. The number of sulfone groups is 1. The van der Waals surface area contributed by atoms with Crippen molar-refractivity contribution in [2.24, 2.45) is 0 Å². The fraction of sp³-hybridized carbons (Fsp3) is 0.182. The Hall–Kier alpha value is -0.260. The summed E-state index contributed by atoms with van der Waals surface area (Å²) in [6, 6.07) is 1.18. The summed E-state index contributed by atoms with van der Waals surface area (Å²) in [4.78, 5) is 3.46. The fourth-order valence-corrected chi connectivity index (χ4v) is 4.57. The molecule has 0 spiro atoms. The number of hydrogen-bond acceptors (Lipinski definition) is 3. The second-order valence-corrected chi connectivity index (χ2v) is 9.65. The van der Waals surface area contributed by atoms with E-state index in [4.69, 9.17) is 46.4 Å². The van der Waals surface area contributed by atoms with E-state index in [-0.39, 0.29) is 10.3 Å². The van der Waals surface area contributed by atoms with Gasteiger partial charge in [-0.15, -0.1) is 0 Å². The molecule has 1 heterocycles. The molecule has 0 saturated heterocycles. The lowest BCUT2D eigenvalue weighted by Crippen LogP contribution is -2.21. The number of aromatic nitrogens is 2. The Balaban J connectivity index is 2.67. The van der Waals surface area contributed by atoms with Gasteiger partial charge in [0, 0.05) is 0 Å². The van der Waals surface area contributed by atoms with Gasteiger partial charge in [-0.2, -0.15) is 17.6 Å². The van der Waals surface area contributed by atoms with E-state index >= 15 is 0 Å². The predicted octanol–water partition coefficient (Wildman–Crippen LogP) is 5.79. The normalized spacial score (nSPS) is 13.3. The van der Waals surface area contributed by atoms with Gasteiger partial charge in [-0.25, -0.2) is 13.4 Å². The largest absolute Gasteiger partial charge is 0.416 e. The third kappa shape index (κ3) is 3.89. The lowest BCUT2D eigenvalue weighted by molar-refractivity contribution is -0.137. The molecule has 0 N–H and O–H groups in total. The van der Waals surface area contributed by atoms with E-state index in [1.54, 1.807) is 0 Å². The maximum Gasteiger partial charge on any atom is 0.416 e. The summed E-state index contributed by atoms with van der Waals surface area (Å²) in [5.41, 5.74) is -1.33. The summed E-state index contributed by atoms with van der Waals surface area (Å²) in [5, 5.41) is -1.80. The van der Waals surface area contributed by atoms with Crippen LogP contribution in [0.4, 0.5) is 17.6 Å². The van der Waals surface area contributed by atoms with E-state index in [0.717, 1.165) is 10.9 Å². The van der Waals surface area contributed by atoms with Gasteiger partial charge in [0.15, 0.2) is 5.03 Å². The van der Waals surface area contributed by atoms with Crippen LogP contribution in [0.5, 0.6) is 0 Å². The molecule has 1 aromatic carbocycles. The first-order chi connectivity index (χ1) is 11.2. The average molecular weight is 525 g/mol. The van der Waals surface area contributed by atoms with Gasteiger partial charge in [0.25, 0.3) is 9.84 Å². The highest BCUT2D eigenvalue weighted by Crippen LogP contribution is 2.41. The quantitative estimate of drug-likeness (QED) is 0.377. The molecule has 0 bridgehead atoms. The maximum absolute atomic E-state index is 13.5. The number of imidazole rings is 1. The van der Waals surface area contributed by atoms with Crippen LogP contribution in [0.15, 0.2) is 28.1 Å². The Bertz CT molecular complexity index is 918. The van der Waals surface area contributed by atoms with Crippen molar-refractivity contribution < 1.29 is 26.0 Å². The molecular formula is C11H3BrCl4F4N2O2S. The highest BCUT2D eigenvalue weighted by molar-refractivity contribution is 9.10. The van der Waals surface area contributed by atoms with E-state index in [2.05, 4.69) is 20.9 Å². The minimum atomic E-state index is -4.93. The Morgan fingerprint density at radius 3 is 1.96 bits per heavy atom. The summed E-state index contributed by atoms with van der Waals surface area (Å²) >= 11 is 24.5.